The predicted octanol–water partition coefficient (Wildman–Crippen LogP) is 3.57. The Bertz CT molecular complexity index is 278. The topological polar surface area (TPSA) is 46.3 Å². The van der Waals surface area contributed by atoms with Gasteiger partial charge in [-0.05, 0) is 44.9 Å². The number of nitrogens with zero attached hydrogens (tertiary/aromatic N) is 1. The minimum atomic E-state index is 0.163. The van der Waals surface area contributed by atoms with Gasteiger partial charge in [-0.3, -0.25) is 4.79 Å². The lowest BCUT2D eigenvalue weighted by molar-refractivity contribution is -0.135. The molecule has 1 amide bonds. The largest absolute Gasteiger partial charge is 0.342 e. The van der Waals surface area contributed by atoms with Crippen LogP contribution in [0, 0.1) is 11.8 Å². The predicted molar refractivity (Wildman–Crippen MR) is 85.5 cm³/mol. The van der Waals surface area contributed by atoms with E-state index in [0.29, 0.717) is 5.91 Å². The summed E-state index contributed by atoms with van der Waals surface area (Å²) < 4.78 is 0. The SMILES string of the molecule is CCCC1CCCN(C(=O)C(C)CCCC(C)N)CC1. The van der Waals surface area contributed by atoms with E-state index in [-0.39, 0.29) is 12.0 Å². The van der Waals surface area contributed by atoms with Gasteiger partial charge in [-0.15, -0.1) is 0 Å². The van der Waals surface area contributed by atoms with Crippen LogP contribution in [-0.4, -0.2) is 29.9 Å². The zero-order valence-electron chi connectivity index (χ0n) is 13.7. The van der Waals surface area contributed by atoms with Crippen molar-refractivity contribution in [1.29, 1.82) is 0 Å². The maximum absolute atomic E-state index is 12.5. The molecule has 20 heavy (non-hydrogen) atoms. The second-order valence-electron chi connectivity index (χ2n) is 6.72. The maximum atomic E-state index is 12.5. The van der Waals surface area contributed by atoms with Gasteiger partial charge in [0.25, 0.3) is 0 Å². The van der Waals surface area contributed by atoms with Crippen LogP contribution in [0.3, 0.4) is 0 Å². The molecule has 0 aliphatic carbocycles. The normalized spacial score (nSPS) is 23.2. The number of hydrogen-bond acceptors (Lipinski definition) is 2. The van der Waals surface area contributed by atoms with Crippen molar-refractivity contribution in [2.75, 3.05) is 13.1 Å². The molecular weight excluding hydrogens is 248 g/mol. The van der Waals surface area contributed by atoms with Gasteiger partial charge in [0.15, 0.2) is 0 Å². The minimum absolute atomic E-state index is 0.163. The summed E-state index contributed by atoms with van der Waals surface area (Å²) in [5.41, 5.74) is 5.77. The standard InChI is InChI=1S/C17H34N2O/c1-4-7-16-10-6-12-19(13-11-16)17(20)14(2)8-5-9-15(3)18/h14-16H,4-13,18H2,1-3H3. The Hall–Kier alpha value is -0.570. The number of carbonyl (C=O) groups is 1. The number of carbonyl (C=O) groups excluding carboxylic acids is 1. The van der Waals surface area contributed by atoms with E-state index in [1.165, 1.54) is 32.1 Å². The smallest absolute Gasteiger partial charge is 0.225 e. The molecular formula is C17H34N2O. The first-order valence-electron chi connectivity index (χ1n) is 8.59. The molecule has 1 aliphatic rings. The van der Waals surface area contributed by atoms with Crippen molar-refractivity contribution in [2.45, 2.75) is 78.2 Å². The van der Waals surface area contributed by atoms with E-state index in [9.17, 15) is 4.79 Å². The summed E-state index contributed by atoms with van der Waals surface area (Å²) in [6.07, 6.45) is 9.35. The van der Waals surface area contributed by atoms with Crippen LogP contribution in [0.1, 0.15) is 72.1 Å². The van der Waals surface area contributed by atoms with Crippen LogP contribution < -0.4 is 5.73 Å². The second kappa shape index (κ2) is 9.38. The third kappa shape index (κ3) is 6.25. The zero-order chi connectivity index (χ0) is 15.0. The molecule has 0 aromatic rings. The van der Waals surface area contributed by atoms with E-state index in [1.807, 2.05) is 6.92 Å². The van der Waals surface area contributed by atoms with Gasteiger partial charge < -0.3 is 10.6 Å². The number of rotatable bonds is 7. The van der Waals surface area contributed by atoms with Crippen LogP contribution in [0.25, 0.3) is 0 Å². The molecule has 3 unspecified atom stereocenters. The molecule has 0 aromatic heterocycles. The summed E-state index contributed by atoms with van der Waals surface area (Å²) in [7, 11) is 0. The number of likely N-dealkylation sites (tertiary alicyclic amines) is 1. The van der Waals surface area contributed by atoms with E-state index in [1.54, 1.807) is 0 Å². The van der Waals surface area contributed by atoms with Crippen molar-refractivity contribution in [3.63, 3.8) is 0 Å². The molecule has 1 heterocycles. The van der Waals surface area contributed by atoms with Gasteiger partial charge >= 0.3 is 0 Å². The first kappa shape index (κ1) is 17.5. The monoisotopic (exact) mass is 282 g/mol. The van der Waals surface area contributed by atoms with Gasteiger partial charge in [0, 0.05) is 25.0 Å². The van der Waals surface area contributed by atoms with Crippen molar-refractivity contribution >= 4 is 5.91 Å². The van der Waals surface area contributed by atoms with Crippen molar-refractivity contribution in [1.82, 2.24) is 4.90 Å². The van der Waals surface area contributed by atoms with E-state index in [4.69, 9.17) is 5.73 Å². The lowest BCUT2D eigenvalue weighted by Crippen LogP contribution is -2.36. The van der Waals surface area contributed by atoms with E-state index in [2.05, 4.69) is 18.7 Å². The summed E-state index contributed by atoms with van der Waals surface area (Å²) in [5, 5.41) is 0. The summed E-state index contributed by atoms with van der Waals surface area (Å²) in [6, 6.07) is 0.255. The first-order valence-corrected chi connectivity index (χ1v) is 8.59. The van der Waals surface area contributed by atoms with Crippen LogP contribution in [0.5, 0.6) is 0 Å². The molecule has 0 saturated carbocycles. The average Bonchev–Trinajstić information content (AvgIpc) is 2.63. The molecule has 2 N–H and O–H groups in total. The Morgan fingerprint density at radius 3 is 2.65 bits per heavy atom. The molecule has 1 rings (SSSR count). The second-order valence-corrected chi connectivity index (χ2v) is 6.72. The van der Waals surface area contributed by atoms with Crippen LogP contribution in [-0.2, 0) is 4.79 Å². The maximum Gasteiger partial charge on any atom is 0.225 e. The Balaban J connectivity index is 2.34. The summed E-state index contributed by atoms with van der Waals surface area (Å²) in [6.45, 7) is 8.32. The average molecular weight is 282 g/mol. The summed E-state index contributed by atoms with van der Waals surface area (Å²) in [4.78, 5) is 14.6. The zero-order valence-corrected chi connectivity index (χ0v) is 13.7. The van der Waals surface area contributed by atoms with Gasteiger partial charge in [0.05, 0.1) is 0 Å². The fraction of sp³-hybridized carbons (Fsp3) is 0.941. The molecule has 3 atom stereocenters. The molecule has 0 bridgehead atoms. The van der Waals surface area contributed by atoms with Crippen molar-refractivity contribution < 1.29 is 4.79 Å². The first-order chi connectivity index (χ1) is 9.54. The highest BCUT2D eigenvalue weighted by atomic mass is 16.2. The Kier molecular flexibility index (Phi) is 8.20. The number of nitrogens with two attached hydrogens (primary N) is 1. The highest BCUT2D eigenvalue weighted by Crippen LogP contribution is 2.23. The van der Waals surface area contributed by atoms with E-state index in [0.717, 1.165) is 38.3 Å². The highest BCUT2D eigenvalue weighted by Gasteiger charge is 2.23. The van der Waals surface area contributed by atoms with E-state index >= 15 is 0 Å². The van der Waals surface area contributed by atoms with Crippen LogP contribution in [0.2, 0.25) is 0 Å². The Morgan fingerprint density at radius 1 is 1.25 bits per heavy atom. The van der Waals surface area contributed by atoms with Crippen LogP contribution in [0.15, 0.2) is 0 Å². The van der Waals surface area contributed by atoms with Crippen molar-refractivity contribution in [3.05, 3.63) is 0 Å². The number of hydrogen-bond donors (Lipinski definition) is 1. The molecule has 0 spiro atoms. The third-order valence-corrected chi connectivity index (χ3v) is 4.57. The van der Waals surface area contributed by atoms with Gasteiger partial charge in [0.1, 0.15) is 0 Å². The Morgan fingerprint density at radius 2 is 2.00 bits per heavy atom. The molecule has 1 fully saturated rings. The quantitative estimate of drug-likeness (QED) is 0.776. The molecule has 3 heteroatoms. The van der Waals surface area contributed by atoms with Gasteiger partial charge in [-0.25, -0.2) is 0 Å². The fourth-order valence-electron chi connectivity index (χ4n) is 3.26. The third-order valence-electron chi connectivity index (χ3n) is 4.57. The summed E-state index contributed by atoms with van der Waals surface area (Å²) >= 11 is 0. The molecule has 1 saturated heterocycles. The molecule has 118 valence electrons. The van der Waals surface area contributed by atoms with Crippen molar-refractivity contribution in [3.8, 4) is 0 Å². The van der Waals surface area contributed by atoms with Gasteiger partial charge in [-0.2, -0.15) is 0 Å². The van der Waals surface area contributed by atoms with Gasteiger partial charge in [-0.1, -0.05) is 33.1 Å². The molecule has 0 aromatic carbocycles. The van der Waals surface area contributed by atoms with Gasteiger partial charge in [0.2, 0.25) is 5.91 Å². The lowest BCUT2D eigenvalue weighted by atomic mass is 9.96. The number of amides is 1. The lowest BCUT2D eigenvalue weighted by Gasteiger charge is -2.24. The van der Waals surface area contributed by atoms with E-state index < -0.39 is 0 Å². The Labute approximate surface area is 125 Å². The molecule has 0 radical (unpaired) electrons. The fourth-order valence-corrected chi connectivity index (χ4v) is 3.26. The minimum Gasteiger partial charge on any atom is -0.342 e. The summed E-state index contributed by atoms with van der Waals surface area (Å²) in [5.74, 6) is 1.37. The van der Waals surface area contributed by atoms with Crippen molar-refractivity contribution in [2.24, 2.45) is 17.6 Å². The van der Waals surface area contributed by atoms with Crippen LogP contribution >= 0.6 is 0 Å². The molecule has 1 aliphatic heterocycles. The van der Waals surface area contributed by atoms with Crippen LogP contribution in [0.4, 0.5) is 0 Å². The highest BCUT2D eigenvalue weighted by molar-refractivity contribution is 5.78. The molecule has 3 nitrogen and oxygen atoms in total.